The van der Waals surface area contributed by atoms with Crippen molar-refractivity contribution in [2.24, 2.45) is 0 Å². The maximum Gasteiger partial charge on any atom is 0.279 e. The molecule has 2 amide bonds. The van der Waals surface area contributed by atoms with Crippen LogP contribution in [0.2, 0.25) is 0 Å². The summed E-state index contributed by atoms with van der Waals surface area (Å²) in [5.74, 6) is -1.20. The Labute approximate surface area is 132 Å². The number of hydrogen-bond donors (Lipinski definition) is 2. The van der Waals surface area contributed by atoms with Gasteiger partial charge in [0.1, 0.15) is 11.6 Å². The van der Waals surface area contributed by atoms with Crippen LogP contribution in [0.1, 0.15) is 9.67 Å². The van der Waals surface area contributed by atoms with Crippen molar-refractivity contribution in [3.05, 3.63) is 50.9 Å². The number of amides is 2. The zero-order valence-electron chi connectivity index (χ0n) is 10.6. The Bertz CT molecular complexity index is 662. The van der Waals surface area contributed by atoms with Gasteiger partial charge in [-0.2, -0.15) is 0 Å². The number of carbonyl (C=O) groups is 2. The Hall–Kier alpha value is -1.93. The van der Waals surface area contributed by atoms with Crippen molar-refractivity contribution in [2.45, 2.75) is 0 Å². The lowest BCUT2D eigenvalue weighted by Crippen LogP contribution is -2.43. The molecule has 1 aromatic heterocycles. The van der Waals surface area contributed by atoms with E-state index in [1.54, 1.807) is 12.1 Å². The molecular weight excluding hydrogens is 363 g/mol. The van der Waals surface area contributed by atoms with Gasteiger partial charge < -0.3 is 4.74 Å². The van der Waals surface area contributed by atoms with E-state index in [4.69, 9.17) is 4.74 Å². The van der Waals surface area contributed by atoms with Crippen LogP contribution in [0.5, 0.6) is 5.75 Å². The van der Waals surface area contributed by atoms with Crippen molar-refractivity contribution >= 4 is 39.1 Å². The van der Waals surface area contributed by atoms with Gasteiger partial charge in [-0.3, -0.25) is 20.4 Å². The fourth-order valence-electron chi connectivity index (χ4n) is 1.37. The summed E-state index contributed by atoms with van der Waals surface area (Å²) in [5.41, 5.74) is 4.47. The predicted octanol–water partition coefficient (Wildman–Crippen LogP) is 2.49. The van der Waals surface area contributed by atoms with E-state index in [1.807, 2.05) is 0 Å². The number of carbonyl (C=O) groups excluding carboxylic acids is 2. The highest BCUT2D eigenvalue weighted by Gasteiger charge is 2.10. The maximum absolute atomic E-state index is 12.9. The SMILES string of the molecule is O=C(COc1cccc(F)c1)NNC(=O)c1ccc(Br)s1. The fourth-order valence-corrected chi connectivity index (χ4v) is 2.65. The molecule has 0 spiro atoms. The smallest absolute Gasteiger partial charge is 0.279 e. The van der Waals surface area contributed by atoms with Gasteiger partial charge in [0.2, 0.25) is 0 Å². The molecule has 2 rings (SSSR count). The van der Waals surface area contributed by atoms with Crippen LogP contribution in [-0.2, 0) is 4.79 Å². The number of hydrogen-bond acceptors (Lipinski definition) is 4. The molecule has 0 radical (unpaired) electrons. The van der Waals surface area contributed by atoms with E-state index in [9.17, 15) is 14.0 Å². The highest BCUT2D eigenvalue weighted by molar-refractivity contribution is 9.11. The summed E-state index contributed by atoms with van der Waals surface area (Å²) in [6.07, 6.45) is 0. The minimum absolute atomic E-state index is 0.235. The first-order chi connectivity index (χ1) is 10.0. The first-order valence-electron chi connectivity index (χ1n) is 5.77. The third kappa shape index (κ3) is 4.83. The molecule has 1 heterocycles. The number of nitrogens with one attached hydrogen (secondary N) is 2. The molecule has 0 fully saturated rings. The van der Waals surface area contributed by atoms with Gasteiger partial charge >= 0.3 is 0 Å². The molecule has 0 aliphatic rings. The highest BCUT2D eigenvalue weighted by atomic mass is 79.9. The summed E-state index contributed by atoms with van der Waals surface area (Å²) in [6, 6.07) is 8.78. The van der Waals surface area contributed by atoms with E-state index in [1.165, 1.54) is 29.5 Å². The second-order valence-electron chi connectivity index (χ2n) is 3.85. The Balaban J connectivity index is 1.76. The van der Waals surface area contributed by atoms with E-state index in [2.05, 4.69) is 26.8 Å². The van der Waals surface area contributed by atoms with Gasteiger partial charge in [-0.05, 0) is 40.2 Å². The van der Waals surface area contributed by atoms with Crippen LogP contribution < -0.4 is 15.6 Å². The molecule has 5 nitrogen and oxygen atoms in total. The number of thiophene rings is 1. The first kappa shape index (κ1) is 15.5. The van der Waals surface area contributed by atoms with E-state index < -0.39 is 17.6 Å². The summed E-state index contributed by atoms with van der Waals surface area (Å²) < 4.78 is 18.8. The largest absolute Gasteiger partial charge is 0.484 e. The topological polar surface area (TPSA) is 67.4 Å². The van der Waals surface area contributed by atoms with Crippen molar-refractivity contribution in [3.8, 4) is 5.75 Å². The number of benzene rings is 1. The van der Waals surface area contributed by atoms with E-state index in [0.717, 1.165) is 9.85 Å². The molecule has 2 N–H and O–H groups in total. The van der Waals surface area contributed by atoms with Crippen LogP contribution in [0.25, 0.3) is 0 Å². The van der Waals surface area contributed by atoms with Crippen LogP contribution in [0.15, 0.2) is 40.2 Å². The molecule has 2 aromatic rings. The summed E-state index contributed by atoms with van der Waals surface area (Å²) in [7, 11) is 0. The number of rotatable bonds is 4. The molecular formula is C13H10BrFN2O3S. The monoisotopic (exact) mass is 372 g/mol. The van der Waals surface area contributed by atoms with Crippen LogP contribution in [-0.4, -0.2) is 18.4 Å². The van der Waals surface area contributed by atoms with Crippen LogP contribution in [0.4, 0.5) is 4.39 Å². The first-order valence-corrected chi connectivity index (χ1v) is 7.38. The van der Waals surface area contributed by atoms with Gasteiger partial charge in [0, 0.05) is 6.07 Å². The molecule has 0 unspecified atom stereocenters. The zero-order chi connectivity index (χ0) is 15.2. The van der Waals surface area contributed by atoms with Gasteiger partial charge in [-0.15, -0.1) is 11.3 Å². The summed E-state index contributed by atoms with van der Waals surface area (Å²) >= 11 is 4.48. The summed E-state index contributed by atoms with van der Waals surface area (Å²) in [4.78, 5) is 23.6. The normalized spacial score (nSPS) is 10.0. The molecule has 0 bridgehead atoms. The van der Waals surface area contributed by atoms with Crippen molar-refractivity contribution in [1.29, 1.82) is 0 Å². The molecule has 0 saturated heterocycles. The molecule has 0 saturated carbocycles. The zero-order valence-corrected chi connectivity index (χ0v) is 13.0. The molecule has 0 aliphatic heterocycles. The molecule has 0 atom stereocenters. The Morgan fingerprint density at radius 1 is 1.24 bits per heavy atom. The predicted molar refractivity (Wildman–Crippen MR) is 79.5 cm³/mol. The minimum atomic E-state index is -0.553. The van der Waals surface area contributed by atoms with Crippen LogP contribution in [0, 0.1) is 5.82 Å². The van der Waals surface area contributed by atoms with Gasteiger partial charge in [-0.25, -0.2) is 4.39 Å². The molecule has 8 heteroatoms. The number of halogens is 2. The summed E-state index contributed by atoms with van der Waals surface area (Å²) in [6.45, 7) is -0.335. The Kier molecular flexibility index (Phi) is 5.29. The lowest BCUT2D eigenvalue weighted by molar-refractivity contribution is -0.123. The van der Waals surface area contributed by atoms with Gasteiger partial charge in [0.15, 0.2) is 6.61 Å². The Morgan fingerprint density at radius 3 is 2.71 bits per heavy atom. The Morgan fingerprint density at radius 2 is 2.05 bits per heavy atom. The fraction of sp³-hybridized carbons (Fsp3) is 0.0769. The van der Waals surface area contributed by atoms with Gasteiger partial charge in [0.25, 0.3) is 11.8 Å². The number of ether oxygens (including phenoxy) is 1. The van der Waals surface area contributed by atoms with Gasteiger partial charge in [-0.1, -0.05) is 6.07 Å². The van der Waals surface area contributed by atoms with Gasteiger partial charge in [0.05, 0.1) is 8.66 Å². The quantitative estimate of drug-likeness (QED) is 0.810. The van der Waals surface area contributed by atoms with Crippen LogP contribution >= 0.6 is 27.3 Å². The molecule has 110 valence electrons. The van der Waals surface area contributed by atoms with Crippen molar-refractivity contribution in [3.63, 3.8) is 0 Å². The van der Waals surface area contributed by atoms with Crippen molar-refractivity contribution in [1.82, 2.24) is 10.9 Å². The standard InChI is InChI=1S/C13H10BrFN2O3S/c14-11-5-4-10(21-11)13(19)17-16-12(18)7-20-9-3-1-2-8(15)6-9/h1-6H,7H2,(H,16,18)(H,17,19). The maximum atomic E-state index is 12.9. The van der Waals surface area contributed by atoms with Crippen molar-refractivity contribution in [2.75, 3.05) is 6.61 Å². The average molecular weight is 373 g/mol. The van der Waals surface area contributed by atoms with E-state index >= 15 is 0 Å². The lowest BCUT2D eigenvalue weighted by Gasteiger charge is -2.08. The third-order valence-corrected chi connectivity index (χ3v) is 3.90. The molecule has 21 heavy (non-hydrogen) atoms. The molecule has 1 aromatic carbocycles. The lowest BCUT2D eigenvalue weighted by atomic mass is 10.3. The summed E-state index contributed by atoms with van der Waals surface area (Å²) in [5, 5.41) is 0. The third-order valence-electron chi connectivity index (χ3n) is 2.28. The second kappa shape index (κ2) is 7.19. The van der Waals surface area contributed by atoms with E-state index in [0.29, 0.717) is 4.88 Å². The molecule has 0 aliphatic carbocycles. The number of hydrazine groups is 1. The minimum Gasteiger partial charge on any atom is -0.484 e. The van der Waals surface area contributed by atoms with Crippen molar-refractivity contribution < 1.29 is 18.7 Å². The average Bonchev–Trinajstić information content (AvgIpc) is 2.89. The second-order valence-corrected chi connectivity index (χ2v) is 6.32. The highest BCUT2D eigenvalue weighted by Crippen LogP contribution is 2.21. The van der Waals surface area contributed by atoms with E-state index in [-0.39, 0.29) is 12.4 Å². The van der Waals surface area contributed by atoms with Crippen LogP contribution in [0.3, 0.4) is 0 Å².